The van der Waals surface area contributed by atoms with Gasteiger partial charge >= 0.3 is 0 Å². The molecule has 0 heterocycles. The van der Waals surface area contributed by atoms with E-state index in [1.54, 1.807) is 6.07 Å². The van der Waals surface area contributed by atoms with Gasteiger partial charge in [-0.2, -0.15) is 0 Å². The van der Waals surface area contributed by atoms with E-state index >= 15 is 0 Å². The summed E-state index contributed by atoms with van der Waals surface area (Å²) in [5, 5.41) is 0. The number of hydrogen-bond acceptors (Lipinski definition) is 1. The molecule has 0 bridgehead atoms. The summed E-state index contributed by atoms with van der Waals surface area (Å²) in [6.07, 6.45) is 4.78. The van der Waals surface area contributed by atoms with Gasteiger partial charge in [-0.3, -0.25) is 0 Å². The Bertz CT molecular complexity index is 354. The van der Waals surface area contributed by atoms with E-state index in [0.29, 0.717) is 6.54 Å². The van der Waals surface area contributed by atoms with Crippen molar-refractivity contribution in [3.05, 3.63) is 35.1 Å². The third-order valence-corrected chi connectivity index (χ3v) is 3.72. The molecule has 1 aliphatic rings. The van der Waals surface area contributed by atoms with Crippen LogP contribution in [-0.2, 0) is 5.41 Å². The molecule has 1 fully saturated rings. The molecule has 0 aliphatic heterocycles. The Hall–Kier alpha value is -0.890. The van der Waals surface area contributed by atoms with Crippen molar-refractivity contribution in [2.45, 2.75) is 38.0 Å². The second kappa shape index (κ2) is 3.93. The highest BCUT2D eigenvalue weighted by atomic mass is 19.1. The minimum atomic E-state index is -0.121. The summed E-state index contributed by atoms with van der Waals surface area (Å²) in [6, 6.07) is 5.44. The molecule has 2 rings (SSSR count). The van der Waals surface area contributed by atoms with Gasteiger partial charge in [0.1, 0.15) is 5.82 Å². The smallest absolute Gasteiger partial charge is 0.126 e. The summed E-state index contributed by atoms with van der Waals surface area (Å²) in [5.74, 6) is -0.121. The topological polar surface area (TPSA) is 26.0 Å². The summed E-state index contributed by atoms with van der Waals surface area (Å²) in [6.45, 7) is 2.50. The Balaban J connectivity index is 2.38. The zero-order chi connectivity index (χ0) is 10.9. The van der Waals surface area contributed by atoms with Crippen molar-refractivity contribution in [3.8, 4) is 0 Å². The SMILES string of the molecule is Cc1cc(C2(CN)CCCC2)ccc1F. The number of halogens is 1. The van der Waals surface area contributed by atoms with Gasteiger partial charge in [-0.15, -0.1) is 0 Å². The van der Waals surface area contributed by atoms with Crippen molar-refractivity contribution >= 4 is 0 Å². The van der Waals surface area contributed by atoms with Crippen LogP contribution >= 0.6 is 0 Å². The molecule has 82 valence electrons. The fraction of sp³-hybridized carbons (Fsp3) is 0.538. The van der Waals surface area contributed by atoms with Crippen LogP contribution in [0, 0.1) is 12.7 Å². The lowest BCUT2D eigenvalue weighted by Gasteiger charge is -2.28. The average molecular weight is 207 g/mol. The molecular weight excluding hydrogens is 189 g/mol. The first kappa shape index (κ1) is 10.6. The van der Waals surface area contributed by atoms with Crippen molar-refractivity contribution in [2.24, 2.45) is 5.73 Å². The third kappa shape index (κ3) is 1.78. The lowest BCUT2D eigenvalue weighted by molar-refractivity contribution is 0.451. The van der Waals surface area contributed by atoms with Gasteiger partial charge in [-0.1, -0.05) is 25.0 Å². The summed E-state index contributed by atoms with van der Waals surface area (Å²) in [7, 11) is 0. The van der Waals surface area contributed by atoms with Gasteiger partial charge in [-0.05, 0) is 37.0 Å². The minimum absolute atomic E-state index is 0.121. The van der Waals surface area contributed by atoms with Gasteiger partial charge in [0.25, 0.3) is 0 Å². The lowest BCUT2D eigenvalue weighted by atomic mass is 9.78. The summed E-state index contributed by atoms with van der Waals surface area (Å²) in [5.41, 5.74) is 7.97. The van der Waals surface area contributed by atoms with Crippen LogP contribution in [0.25, 0.3) is 0 Å². The van der Waals surface area contributed by atoms with Gasteiger partial charge in [0.05, 0.1) is 0 Å². The number of hydrogen-bond donors (Lipinski definition) is 1. The molecule has 1 aromatic rings. The van der Waals surface area contributed by atoms with Crippen molar-refractivity contribution < 1.29 is 4.39 Å². The maximum Gasteiger partial charge on any atom is 0.126 e. The van der Waals surface area contributed by atoms with Gasteiger partial charge in [0, 0.05) is 12.0 Å². The molecule has 1 saturated carbocycles. The highest BCUT2D eigenvalue weighted by Crippen LogP contribution is 2.40. The van der Waals surface area contributed by atoms with Gasteiger partial charge in [0.15, 0.2) is 0 Å². The Morgan fingerprint density at radius 2 is 2.00 bits per heavy atom. The number of nitrogens with two attached hydrogens (primary N) is 1. The molecule has 0 spiro atoms. The Morgan fingerprint density at radius 3 is 2.53 bits per heavy atom. The maximum atomic E-state index is 13.2. The lowest BCUT2D eigenvalue weighted by Crippen LogP contribution is -2.32. The fourth-order valence-corrected chi connectivity index (χ4v) is 2.64. The largest absolute Gasteiger partial charge is 0.330 e. The highest BCUT2D eigenvalue weighted by Gasteiger charge is 2.34. The zero-order valence-corrected chi connectivity index (χ0v) is 9.22. The first-order valence-electron chi connectivity index (χ1n) is 5.65. The highest BCUT2D eigenvalue weighted by molar-refractivity contribution is 5.32. The molecule has 0 saturated heterocycles. The van der Waals surface area contributed by atoms with Crippen molar-refractivity contribution in [2.75, 3.05) is 6.54 Å². The molecule has 2 N–H and O–H groups in total. The molecule has 0 unspecified atom stereocenters. The van der Waals surface area contributed by atoms with Crippen LogP contribution in [0.15, 0.2) is 18.2 Å². The molecule has 0 aromatic heterocycles. The molecule has 0 atom stereocenters. The standard InChI is InChI=1S/C13H18FN/c1-10-8-11(4-5-12(10)14)13(9-15)6-2-3-7-13/h4-5,8H,2-3,6-7,9,15H2,1H3. The first-order chi connectivity index (χ1) is 7.18. The average Bonchev–Trinajstić information content (AvgIpc) is 2.72. The van der Waals surface area contributed by atoms with Crippen molar-refractivity contribution in [3.63, 3.8) is 0 Å². The quantitative estimate of drug-likeness (QED) is 0.792. The molecule has 15 heavy (non-hydrogen) atoms. The van der Waals surface area contributed by atoms with Gasteiger partial charge in [0.2, 0.25) is 0 Å². The van der Waals surface area contributed by atoms with Crippen LogP contribution in [0.4, 0.5) is 4.39 Å². The first-order valence-corrected chi connectivity index (χ1v) is 5.65. The summed E-state index contributed by atoms with van der Waals surface area (Å²) >= 11 is 0. The van der Waals surface area contributed by atoms with Gasteiger partial charge in [-0.25, -0.2) is 4.39 Å². The van der Waals surface area contributed by atoms with E-state index in [2.05, 4.69) is 0 Å². The van der Waals surface area contributed by atoms with E-state index in [-0.39, 0.29) is 11.2 Å². The van der Waals surface area contributed by atoms with Crippen LogP contribution < -0.4 is 5.73 Å². The number of rotatable bonds is 2. The fourth-order valence-electron chi connectivity index (χ4n) is 2.64. The molecule has 1 aliphatic carbocycles. The molecule has 1 nitrogen and oxygen atoms in total. The second-order valence-electron chi connectivity index (χ2n) is 4.66. The number of aryl methyl sites for hydroxylation is 1. The van der Waals surface area contributed by atoms with E-state index in [1.807, 2.05) is 19.1 Å². The Labute approximate surface area is 90.5 Å². The van der Waals surface area contributed by atoms with E-state index in [1.165, 1.54) is 18.4 Å². The molecule has 0 amide bonds. The monoisotopic (exact) mass is 207 g/mol. The molecule has 1 aromatic carbocycles. The normalized spacial score (nSPS) is 19.4. The van der Waals surface area contributed by atoms with E-state index in [9.17, 15) is 4.39 Å². The predicted molar refractivity (Wildman–Crippen MR) is 60.3 cm³/mol. The zero-order valence-electron chi connectivity index (χ0n) is 9.22. The summed E-state index contributed by atoms with van der Waals surface area (Å²) < 4.78 is 13.2. The maximum absolute atomic E-state index is 13.2. The van der Waals surface area contributed by atoms with Crippen LogP contribution in [0.1, 0.15) is 36.8 Å². The number of benzene rings is 1. The van der Waals surface area contributed by atoms with E-state index in [4.69, 9.17) is 5.73 Å². The molecule has 0 radical (unpaired) electrons. The minimum Gasteiger partial charge on any atom is -0.330 e. The van der Waals surface area contributed by atoms with Crippen LogP contribution in [0.5, 0.6) is 0 Å². The second-order valence-corrected chi connectivity index (χ2v) is 4.66. The van der Waals surface area contributed by atoms with Crippen LogP contribution in [-0.4, -0.2) is 6.54 Å². The van der Waals surface area contributed by atoms with Crippen LogP contribution in [0.3, 0.4) is 0 Å². The molecule has 2 heteroatoms. The van der Waals surface area contributed by atoms with Gasteiger partial charge < -0.3 is 5.73 Å². The van der Waals surface area contributed by atoms with E-state index in [0.717, 1.165) is 18.4 Å². The Kier molecular flexibility index (Phi) is 2.79. The molecular formula is C13H18FN. The van der Waals surface area contributed by atoms with Crippen LogP contribution in [0.2, 0.25) is 0 Å². The predicted octanol–water partition coefficient (Wildman–Crippen LogP) is 2.90. The van der Waals surface area contributed by atoms with Crippen molar-refractivity contribution in [1.29, 1.82) is 0 Å². The summed E-state index contributed by atoms with van der Waals surface area (Å²) in [4.78, 5) is 0. The third-order valence-electron chi connectivity index (χ3n) is 3.72. The van der Waals surface area contributed by atoms with E-state index < -0.39 is 0 Å². The van der Waals surface area contributed by atoms with Crippen molar-refractivity contribution in [1.82, 2.24) is 0 Å². The Morgan fingerprint density at radius 1 is 1.33 bits per heavy atom.